The van der Waals surface area contributed by atoms with Crippen LogP contribution >= 0.6 is 11.6 Å². The van der Waals surface area contributed by atoms with Gasteiger partial charge in [-0.05, 0) is 36.2 Å². The number of aryl methyl sites for hydroxylation is 1. The molecule has 0 bridgehead atoms. The monoisotopic (exact) mass is 279 g/mol. The van der Waals surface area contributed by atoms with Crippen molar-refractivity contribution in [2.45, 2.75) is 6.92 Å². The lowest BCUT2D eigenvalue weighted by atomic mass is 9.84. The van der Waals surface area contributed by atoms with E-state index in [0.717, 1.165) is 27.7 Å². The van der Waals surface area contributed by atoms with E-state index >= 15 is 0 Å². The number of carbonyl (C=O) groups is 1. The summed E-state index contributed by atoms with van der Waals surface area (Å²) in [5, 5.41) is 1.43. The number of carbonyl (C=O) groups excluding carboxylic acids is 1. The molecule has 4 rings (SSSR count). The molecule has 0 aliphatic heterocycles. The van der Waals surface area contributed by atoms with Gasteiger partial charge in [-0.3, -0.25) is 9.78 Å². The van der Waals surface area contributed by atoms with E-state index < -0.39 is 0 Å². The molecule has 96 valence electrons. The van der Waals surface area contributed by atoms with Gasteiger partial charge in [0.25, 0.3) is 0 Å². The molecule has 0 atom stereocenters. The molecule has 1 aliphatic carbocycles. The number of hydrogen-bond acceptors (Lipinski definition) is 2. The molecule has 3 heteroatoms. The van der Waals surface area contributed by atoms with Crippen molar-refractivity contribution in [1.82, 2.24) is 4.98 Å². The highest BCUT2D eigenvalue weighted by Gasteiger charge is 2.27. The molecule has 2 aromatic carbocycles. The molecule has 1 aromatic heterocycles. The van der Waals surface area contributed by atoms with Crippen molar-refractivity contribution in [2.75, 3.05) is 0 Å². The lowest BCUT2D eigenvalue weighted by Gasteiger charge is -2.20. The van der Waals surface area contributed by atoms with Crippen LogP contribution in [0.1, 0.15) is 21.6 Å². The highest BCUT2D eigenvalue weighted by atomic mass is 35.5. The Kier molecular flexibility index (Phi) is 2.27. The molecule has 20 heavy (non-hydrogen) atoms. The van der Waals surface area contributed by atoms with Crippen molar-refractivity contribution in [1.29, 1.82) is 0 Å². The number of aromatic nitrogens is 1. The Morgan fingerprint density at radius 3 is 2.60 bits per heavy atom. The number of pyridine rings is 1. The first-order valence-corrected chi connectivity index (χ1v) is 6.78. The molecule has 0 saturated heterocycles. The molecule has 2 nitrogen and oxygen atoms in total. The predicted molar refractivity (Wildman–Crippen MR) is 80.4 cm³/mol. The lowest BCUT2D eigenvalue weighted by Crippen LogP contribution is -2.11. The summed E-state index contributed by atoms with van der Waals surface area (Å²) in [6, 6.07) is 13.3. The first kappa shape index (κ1) is 11.6. The summed E-state index contributed by atoms with van der Waals surface area (Å²) in [5.41, 5.74) is 5.02. The van der Waals surface area contributed by atoms with Gasteiger partial charge in [-0.25, -0.2) is 0 Å². The minimum Gasteiger partial charge on any atom is -0.289 e. The molecule has 0 amide bonds. The van der Waals surface area contributed by atoms with Gasteiger partial charge in [-0.1, -0.05) is 35.9 Å². The largest absolute Gasteiger partial charge is 0.289 e. The minimum atomic E-state index is -0.0191. The number of benzene rings is 2. The second kappa shape index (κ2) is 3.90. The molecule has 1 heterocycles. The van der Waals surface area contributed by atoms with Crippen LogP contribution in [-0.2, 0) is 0 Å². The maximum atomic E-state index is 12.7. The van der Waals surface area contributed by atoms with Crippen LogP contribution in [0.2, 0.25) is 5.02 Å². The van der Waals surface area contributed by atoms with E-state index in [1.54, 1.807) is 6.07 Å². The topological polar surface area (TPSA) is 30.0 Å². The SMILES string of the molecule is Cc1cc2c3c(cccc3n1)C(=O)c1c(Cl)cccc1-2. The predicted octanol–water partition coefficient (Wildman–Crippen LogP) is 4.41. The maximum Gasteiger partial charge on any atom is 0.195 e. The number of ketones is 1. The van der Waals surface area contributed by atoms with Gasteiger partial charge in [0.15, 0.2) is 5.78 Å². The van der Waals surface area contributed by atoms with Gasteiger partial charge in [-0.15, -0.1) is 0 Å². The average Bonchev–Trinajstić information content (AvgIpc) is 2.43. The van der Waals surface area contributed by atoms with E-state index in [0.29, 0.717) is 16.1 Å². The van der Waals surface area contributed by atoms with E-state index in [2.05, 4.69) is 4.98 Å². The third-order valence-electron chi connectivity index (χ3n) is 3.74. The molecule has 0 N–H and O–H groups in total. The number of halogens is 1. The smallest absolute Gasteiger partial charge is 0.195 e. The standard InChI is InChI=1S/C17H10ClNO/c1-9-8-12-10-4-2-6-13(18)16(10)17(20)11-5-3-7-14(19-9)15(11)12/h2-8H,1H3. The normalized spacial score (nSPS) is 12.6. The first-order valence-electron chi connectivity index (χ1n) is 6.41. The van der Waals surface area contributed by atoms with Crippen LogP contribution in [0.3, 0.4) is 0 Å². The minimum absolute atomic E-state index is 0.0191. The number of nitrogens with zero attached hydrogens (tertiary/aromatic N) is 1. The Morgan fingerprint density at radius 2 is 1.75 bits per heavy atom. The highest BCUT2D eigenvalue weighted by Crippen LogP contribution is 2.41. The zero-order valence-corrected chi connectivity index (χ0v) is 11.5. The Hall–Kier alpha value is -2.19. The molecule has 0 saturated carbocycles. The number of fused-ring (bicyclic) bond motifs is 2. The van der Waals surface area contributed by atoms with Gasteiger partial charge in [0.2, 0.25) is 0 Å². The quantitative estimate of drug-likeness (QED) is 0.477. The van der Waals surface area contributed by atoms with Crippen molar-refractivity contribution < 1.29 is 4.79 Å². The van der Waals surface area contributed by atoms with E-state index in [-0.39, 0.29) is 5.78 Å². The number of hydrogen-bond donors (Lipinski definition) is 0. The number of rotatable bonds is 0. The van der Waals surface area contributed by atoms with Crippen molar-refractivity contribution in [3.05, 3.63) is 64.3 Å². The van der Waals surface area contributed by atoms with Crippen molar-refractivity contribution in [3.8, 4) is 11.1 Å². The van der Waals surface area contributed by atoms with Crippen LogP contribution in [0, 0.1) is 6.92 Å². The van der Waals surface area contributed by atoms with Gasteiger partial charge in [0.05, 0.1) is 10.5 Å². The fourth-order valence-electron chi connectivity index (χ4n) is 2.94. The maximum absolute atomic E-state index is 12.7. The Balaban J connectivity index is 2.28. The van der Waals surface area contributed by atoms with Crippen LogP contribution < -0.4 is 0 Å². The molecule has 0 unspecified atom stereocenters. The third-order valence-corrected chi connectivity index (χ3v) is 4.05. The molecule has 0 radical (unpaired) electrons. The molecular weight excluding hydrogens is 270 g/mol. The van der Waals surface area contributed by atoms with Crippen LogP contribution in [-0.4, -0.2) is 10.8 Å². The van der Waals surface area contributed by atoms with Crippen LogP contribution in [0.15, 0.2) is 42.5 Å². The van der Waals surface area contributed by atoms with E-state index in [1.165, 1.54) is 0 Å². The summed E-state index contributed by atoms with van der Waals surface area (Å²) < 4.78 is 0. The summed E-state index contributed by atoms with van der Waals surface area (Å²) in [6.07, 6.45) is 0. The summed E-state index contributed by atoms with van der Waals surface area (Å²) in [6.45, 7) is 1.96. The summed E-state index contributed by atoms with van der Waals surface area (Å²) >= 11 is 6.24. The third kappa shape index (κ3) is 1.40. The molecule has 0 fully saturated rings. The summed E-state index contributed by atoms with van der Waals surface area (Å²) in [7, 11) is 0. The van der Waals surface area contributed by atoms with E-state index in [4.69, 9.17) is 11.6 Å². The van der Waals surface area contributed by atoms with Gasteiger partial charge in [0.1, 0.15) is 0 Å². The second-order valence-electron chi connectivity index (χ2n) is 5.00. The fourth-order valence-corrected chi connectivity index (χ4v) is 3.20. The van der Waals surface area contributed by atoms with E-state index in [1.807, 2.05) is 43.3 Å². The zero-order chi connectivity index (χ0) is 13.9. The van der Waals surface area contributed by atoms with Crippen LogP contribution in [0.5, 0.6) is 0 Å². The van der Waals surface area contributed by atoms with Gasteiger partial charge in [-0.2, -0.15) is 0 Å². The Bertz CT molecular complexity index is 899. The zero-order valence-electron chi connectivity index (χ0n) is 10.8. The van der Waals surface area contributed by atoms with Gasteiger partial charge < -0.3 is 0 Å². The molecule has 0 spiro atoms. The molecular formula is C17H10ClNO. The van der Waals surface area contributed by atoms with Crippen molar-refractivity contribution in [3.63, 3.8) is 0 Å². The molecule has 1 aliphatic rings. The van der Waals surface area contributed by atoms with E-state index in [9.17, 15) is 4.79 Å². The summed E-state index contributed by atoms with van der Waals surface area (Å²) in [4.78, 5) is 17.2. The van der Waals surface area contributed by atoms with Gasteiger partial charge in [0, 0.05) is 22.2 Å². The summed E-state index contributed by atoms with van der Waals surface area (Å²) in [5.74, 6) is -0.0191. The van der Waals surface area contributed by atoms with Crippen LogP contribution in [0.4, 0.5) is 0 Å². The van der Waals surface area contributed by atoms with Crippen molar-refractivity contribution >= 4 is 28.3 Å². The first-order chi connectivity index (χ1) is 9.66. The lowest BCUT2D eigenvalue weighted by molar-refractivity contribution is 0.104. The van der Waals surface area contributed by atoms with Crippen molar-refractivity contribution in [2.24, 2.45) is 0 Å². The Morgan fingerprint density at radius 1 is 1.00 bits per heavy atom. The Labute approximate surface area is 121 Å². The second-order valence-corrected chi connectivity index (χ2v) is 5.41. The van der Waals surface area contributed by atoms with Gasteiger partial charge >= 0.3 is 0 Å². The highest BCUT2D eigenvalue weighted by molar-refractivity contribution is 6.38. The fraction of sp³-hybridized carbons (Fsp3) is 0.0588. The average molecular weight is 280 g/mol. The van der Waals surface area contributed by atoms with Crippen LogP contribution in [0.25, 0.3) is 22.0 Å². The molecule has 3 aromatic rings.